The molecule has 0 bridgehead atoms. The van der Waals surface area contributed by atoms with Crippen LogP contribution >= 0.6 is 0 Å². The quantitative estimate of drug-likeness (QED) is 0.784. The fraction of sp³-hybridized carbons (Fsp3) is 0.438. The molecule has 1 aliphatic carbocycles. The molecule has 0 aliphatic heterocycles. The molecule has 1 aliphatic rings. The van der Waals surface area contributed by atoms with E-state index in [2.05, 4.69) is 5.32 Å². The van der Waals surface area contributed by atoms with Crippen molar-refractivity contribution >= 4 is 17.8 Å². The molecule has 6 nitrogen and oxygen atoms in total. The third kappa shape index (κ3) is 4.51. The number of nitrogens with zero attached hydrogens (tertiary/aromatic N) is 1. The fourth-order valence-electron chi connectivity index (χ4n) is 2.35. The predicted octanol–water partition coefficient (Wildman–Crippen LogP) is 1.01. The van der Waals surface area contributed by atoms with Gasteiger partial charge in [0.15, 0.2) is 0 Å². The Morgan fingerprint density at radius 3 is 2.43 bits per heavy atom. The summed E-state index contributed by atoms with van der Waals surface area (Å²) in [6.07, 6.45) is 0.335. The minimum Gasteiger partial charge on any atom is -0.481 e. The van der Waals surface area contributed by atoms with E-state index >= 15 is 0 Å². The molecule has 7 heteroatoms. The van der Waals surface area contributed by atoms with Crippen molar-refractivity contribution in [2.45, 2.75) is 19.9 Å². The van der Waals surface area contributed by atoms with Gasteiger partial charge in [0.05, 0.1) is 18.4 Å². The topological polar surface area (TPSA) is 86.7 Å². The minimum atomic E-state index is -0.972. The zero-order valence-corrected chi connectivity index (χ0v) is 12.8. The van der Waals surface area contributed by atoms with E-state index < -0.39 is 17.8 Å². The maximum Gasteiger partial charge on any atom is 0.307 e. The van der Waals surface area contributed by atoms with Crippen molar-refractivity contribution < 1.29 is 23.9 Å². The second-order valence-corrected chi connectivity index (χ2v) is 5.54. The van der Waals surface area contributed by atoms with Crippen molar-refractivity contribution in [2.75, 3.05) is 13.1 Å². The van der Waals surface area contributed by atoms with Gasteiger partial charge in [-0.3, -0.25) is 14.4 Å². The van der Waals surface area contributed by atoms with Crippen LogP contribution in [-0.4, -0.2) is 40.9 Å². The van der Waals surface area contributed by atoms with Crippen molar-refractivity contribution in [3.05, 3.63) is 35.6 Å². The number of halogens is 1. The SMILES string of the molecule is CCN(CC(=O)NCc1ccc(F)cc1)C(=O)C1CC1C(=O)O. The summed E-state index contributed by atoms with van der Waals surface area (Å²) in [5.41, 5.74) is 0.752. The van der Waals surface area contributed by atoms with Gasteiger partial charge >= 0.3 is 5.97 Å². The first-order valence-corrected chi connectivity index (χ1v) is 7.45. The zero-order valence-electron chi connectivity index (χ0n) is 12.8. The second-order valence-electron chi connectivity index (χ2n) is 5.54. The molecular formula is C16H19FN2O4. The molecule has 2 amide bonds. The summed E-state index contributed by atoms with van der Waals surface area (Å²) in [4.78, 5) is 36.2. The van der Waals surface area contributed by atoms with E-state index in [0.29, 0.717) is 13.0 Å². The van der Waals surface area contributed by atoms with E-state index in [1.54, 1.807) is 19.1 Å². The van der Waals surface area contributed by atoms with E-state index in [1.807, 2.05) is 0 Å². The van der Waals surface area contributed by atoms with Crippen LogP contribution in [0.3, 0.4) is 0 Å². The number of carbonyl (C=O) groups is 3. The summed E-state index contributed by atoms with van der Waals surface area (Å²) in [7, 11) is 0. The molecule has 2 N–H and O–H groups in total. The third-order valence-electron chi connectivity index (χ3n) is 3.86. The van der Waals surface area contributed by atoms with Gasteiger partial charge in [-0.15, -0.1) is 0 Å². The average molecular weight is 322 g/mol. The van der Waals surface area contributed by atoms with Crippen LogP contribution in [0.1, 0.15) is 18.9 Å². The van der Waals surface area contributed by atoms with Crippen LogP contribution in [0.2, 0.25) is 0 Å². The van der Waals surface area contributed by atoms with Crippen LogP contribution in [0.5, 0.6) is 0 Å². The van der Waals surface area contributed by atoms with Crippen molar-refractivity contribution in [2.24, 2.45) is 11.8 Å². The highest BCUT2D eigenvalue weighted by Crippen LogP contribution is 2.40. The first-order valence-electron chi connectivity index (χ1n) is 7.45. The Morgan fingerprint density at radius 2 is 1.91 bits per heavy atom. The number of nitrogens with one attached hydrogen (secondary N) is 1. The molecule has 23 heavy (non-hydrogen) atoms. The maximum absolute atomic E-state index is 12.8. The number of likely N-dealkylation sites (N-methyl/N-ethyl adjacent to an activating group) is 1. The number of carboxylic acid groups (broad SMARTS) is 1. The molecule has 2 unspecified atom stereocenters. The second kappa shape index (κ2) is 7.21. The van der Waals surface area contributed by atoms with Gasteiger partial charge in [0.25, 0.3) is 0 Å². The largest absolute Gasteiger partial charge is 0.481 e. The van der Waals surface area contributed by atoms with Gasteiger partial charge in [-0.25, -0.2) is 4.39 Å². The molecule has 1 aromatic carbocycles. The molecule has 2 atom stereocenters. The van der Waals surface area contributed by atoms with Gasteiger partial charge in [0.1, 0.15) is 5.82 Å². The number of hydrogen-bond acceptors (Lipinski definition) is 3. The summed E-state index contributed by atoms with van der Waals surface area (Å²) in [6.45, 7) is 2.21. The Morgan fingerprint density at radius 1 is 1.26 bits per heavy atom. The van der Waals surface area contributed by atoms with Gasteiger partial charge in [-0.2, -0.15) is 0 Å². The number of rotatable bonds is 7. The molecular weight excluding hydrogens is 303 g/mol. The molecule has 1 fully saturated rings. The highest BCUT2D eigenvalue weighted by atomic mass is 19.1. The van der Waals surface area contributed by atoms with E-state index in [4.69, 9.17) is 5.11 Å². The highest BCUT2D eigenvalue weighted by molar-refractivity contribution is 5.91. The highest BCUT2D eigenvalue weighted by Gasteiger charge is 2.49. The lowest BCUT2D eigenvalue weighted by atomic mass is 10.2. The van der Waals surface area contributed by atoms with Crippen LogP contribution in [0.4, 0.5) is 4.39 Å². The molecule has 0 spiro atoms. The number of amides is 2. The Hall–Kier alpha value is -2.44. The molecule has 1 saturated carbocycles. The lowest BCUT2D eigenvalue weighted by Gasteiger charge is -2.20. The summed E-state index contributed by atoms with van der Waals surface area (Å²) < 4.78 is 12.8. The van der Waals surface area contributed by atoms with Gasteiger partial charge in [0, 0.05) is 13.1 Å². The fourth-order valence-corrected chi connectivity index (χ4v) is 2.35. The monoisotopic (exact) mass is 322 g/mol. The first kappa shape index (κ1) is 16.9. The van der Waals surface area contributed by atoms with Crippen LogP contribution in [0.25, 0.3) is 0 Å². The predicted molar refractivity (Wildman–Crippen MR) is 79.7 cm³/mol. The van der Waals surface area contributed by atoms with Crippen LogP contribution in [-0.2, 0) is 20.9 Å². The Kier molecular flexibility index (Phi) is 5.31. The number of carboxylic acids is 1. The van der Waals surface area contributed by atoms with E-state index in [-0.39, 0.29) is 30.7 Å². The Bertz CT molecular complexity index is 603. The molecule has 0 heterocycles. The molecule has 0 saturated heterocycles. The van der Waals surface area contributed by atoms with Crippen molar-refractivity contribution in [3.63, 3.8) is 0 Å². The van der Waals surface area contributed by atoms with Gasteiger partial charge in [-0.05, 0) is 31.0 Å². The number of benzene rings is 1. The maximum atomic E-state index is 12.8. The number of aliphatic carboxylic acids is 1. The average Bonchev–Trinajstić information content (AvgIpc) is 3.32. The minimum absolute atomic E-state index is 0.112. The summed E-state index contributed by atoms with van der Waals surface area (Å²) in [6, 6.07) is 5.75. The van der Waals surface area contributed by atoms with Gasteiger partial charge in [0.2, 0.25) is 11.8 Å². The molecule has 2 rings (SSSR count). The summed E-state index contributed by atoms with van der Waals surface area (Å²) >= 11 is 0. The smallest absolute Gasteiger partial charge is 0.307 e. The molecule has 0 radical (unpaired) electrons. The standard InChI is InChI=1S/C16H19FN2O4/c1-2-19(15(21)12-7-13(12)16(22)23)9-14(20)18-8-10-3-5-11(17)6-4-10/h3-6,12-13H,2,7-9H2,1H3,(H,18,20)(H,22,23). The molecule has 0 aromatic heterocycles. The van der Waals surface area contributed by atoms with E-state index in [9.17, 15) is 18.8 Å². The summed E-state index contributed by atoms with van der Waals surface area (Å²) in [5, 5.41) is 11.5. The van der Waals surface area contributed by atoms with Crippen LogP contribution in [0, 0.1) is 17.7 Å². The van der Waals surface area contributed by atoms with E-state index in [1.165, 1.54) is 17.0 Å². The number of carbonyl (C=O) groups excluding carboxylic acids is 2. The van der Waals surface area contributed by atoms with Gasteiger partial charge in [-0.1, -0.05) is 12.1 Å². The van der Waals surface area contributed by atoms with Crippen molar-refractivity contribution in [1.82, 2.24) is 10.2 Å². The first-order chi connectivity index (χ1) is 10.9. The Labute approximate surface area is 133 Å². The van der Waals surface area contributed by atoms with Crippen LogP contribution in [0.15, 0.2) is 24.3 Å². The zero-order chi connectivity index (χ0) is 17.0. The van der Waals surface area contributed by atoms with Crippen LogP contribution < -0.4 is 5.32 Å². The summed E-state index contributed by atoms with van der Waals surface area (Å²) in [5.74, 6) is -3.09. The normalized spacial score (nSPS) is 19.0. The third-order valence-corrected chi connectivity index (χ3v) is 3.86. The molecule has 1 aromatic rings. The van der Waals surface area contributed by atoms with Gasteiger partial charge < -0.3 is 15.3 Å². The molecule has 124 valence electrons. The number of hydrogen-bond donors (Lipinski definition) is 2. The van der Waals surface area contributed by atoms with E-state index in [0.717, 1.165) is 5.56 Å². The lowest BCUT2D eigenvalue weighted by Crippen LogP contribution is -2.41. The Balaban J connectivity index is 1.81. The lowest BCUT2D eigenvalue weighted by molar-refractivity contribution is -0.142. The van der Waals surface area contributed by atoms with Crippen molar-refractivity contribution in [1.29, 1.82) is 0 Å². The van der Waals surface area contributed by atoms with Crippen molar-refractivity contribution in [3.8, 4) is 0 Å².